The number of aromatic nitrogens is 1. The summed E-state index contributed by atoms with van der Waals surface area (Å²) in [5.74, 6) is -0.133. The van der Waals surface area contributed by atoms with Crippen LogP contribution in [0.15, 0.2) is 53.7 Å². The second-order valence-electron chi connectivity index (χ2n) is 3.48. The van der Waals surface area contributed by atoms with Gasteiger partial charge in [0.2, 0.25) is 0 Å². The van der Waals surface area contributed by atoms with Gasteiger partial charge in [0, 0.05) is 23.0 Å². The van der Waals surface area contributed by atoms with Crippen molar-refractivity contribution in [1.82, 2.24) is 4.98 Å². The van der Waals surface area contributed by atoms with E-state index in [2.05, 4.69) is 4.98 Å². The Morgan fingerprint density at radius 3 is 2.71 bits per heavy atom. The van der Waals surface area contributed by atoms with Gasteiger partial charge in [0.15, 0.2) is 0 Å². The molecule has 3 nitrogen and oxygen atoms in total. The van der Waals surface area contributed by atoms with E-state index in [1.54, 1.807) is 42.4 Å². The van der Waals surface area contributed by atoms with E-state index in [1.807, 2.05) is 18.2 Å². The number of pyridine rings is 1. The minimum absolute atomic E-state index is 0.331. The second-order valence-corrected chi connectivity index (χ2v) is 4.53. The molecule has 0 saturated carbocycles. The van der Waals surface area contributed by atoms with Crippen LogP contribution in [-0.2, 0) is 5.75 Å². The molecule has 0 aliphatic rings. The third kappa shape index (κ3) is 3.32. The zero-order valence-corrected chi connectivity index (χ0v) is 9.85. The van der Waals surface area contributed by atoms with Crippen molar-refractivity contribution < 1.29 is 9.90 Å². The highest BCUT2D eigenvalue weighted by atomic mass is 32.2. The molecule has 1 aromatic heterocycles. The summed E-state index contributed by atoms with van der Waals surface area (Å²) in [5.41, 5.74) is 1.34. The van der Waals surface area contributed by atoms with Crippen molar-refractivity contribution in [2.24, 2.45) is 0 Å². The van der Waals surface area contributed by atoms with Crippen LogP contribution >= 0.6 is 11.8 Å². The minimum Gasteiger partial charge on any atom is -0.478 e. The van der Waals surface area contributed by atoms with E-state index in [0.717, 1.165) is 16.2 Å². The largest absolute Gasteiger partial charge is 0.478 e. The number of nitrogens with zero attached hydrogens (tertiary/aromatic N) is 1. The first kappa shape index (κ1) is 11.7. The molecular weight excluding hydrogens is 234 g/mol. The van der Waals surface area contributed by atoms with Crippen LogP contribution in [0.1, 0.15) is 15.9 Å². The van der Waals surface area contributed by atoms with Crippen LogP contribution in [0, 0.1) is 0 Å². The number of hydrogen-bond donors (Lipinski definition) is 1. The van der Waals surface area contributed by atoms with E-state index in [9.17, 15) is 4.79 Å². The molecule has 1 N–H and O–H groups in total. The van der Waals surface area contributed by atoms with Gasteiger partial charge < -0.3 is 5.11 Å². The van der Waals surface area contributed by atoms with E-state index in [-0.39, 0.29) is 0 Å². The second kappa shape index (κ2) is 5.50. The Balaban J connectivity index is 2.04. The Morgan fingerprint density at radius 1 is 1.24 bits per heavy atom. The van der Waals surface area contributed by atoms with Crippen molar-refractivity contribution in [3.05, 3.63) is 59.9 Å². The first-order valence-electron chi connectivity index (χ1n) is 5.11. The van der Waals surface area contributed by atoms with Crippen molar-refractivity contribution in [3.8, 4) is 0 Å². The summed E-state index contributed by atoms with van der Waals surface area (Å²) in [6.07, 6.45) is 3.49. The summed E-state index contributed by atoms with van der Waals surface area (Å²) in [5, 5.41) is 8.88. The van der Waals surface area contributed by atoms with E-state index in [0.29, 0.717) is 5.56 Å². The average molecular weight is 245 g/mol. The Labute approximate surface area is 104 Å². The summed E-state index contributed by atoms with van der Waals surface area (Å²) in [6.45, 7) is 0. The maximum Gasteiger partial charge on any atom is 0.335 e. The highest BCUT2D eigenvalue weighted by Gasteiger charge is 2.03. The lowest BCUT2D eigenvalue weighted by molar-refractivity contribution is 0.0697. The first-order valence-corrected chi connectivity index (χ1v) is 6.09. The normalized spacial score (nSPS) is 10.1. The van der Waals surface area contributed by atoms with Crippen LogP contribution in [-0.4, -0.2) is 16.1 Å². The highest BCUT2D eigenvalue weighted by Crippen LogP contribution is 2.22. The monoisotopic (exact) mass is 245 g/mol. The molecule has 0 saturated heterocycles. The molecule has 4 heteroatoms. The number of thioether (sulfide) groups is 1. The van der Waals surface area contributed by atoms with Crippen molar-refractivity contribution in [2.75, 3.05) is 0 Å². The molecule has 86 valence electrons. The molecule has 0 fully saturated rings. The number of hydrogen-bond acceptors (Lipinski definition) is 3. The van der Waals surface area contributed by atoms with Crippen LogP contribution in [0.2, 0.25) is 0 Å². The summed E-state index contributed by atoms with van der Waals surface area (Å²) in [4.78, 5) is 15.9. The van der Waals surface area contributed by atoms with Gasteiger partial charge in [0.1, 0.15) is 0 Å². The first-order chi connectivity index (χ1) is 8.25. The van der Waals surface area contributed by atoms with Crippen LogP contribution in [0.4, 0.5) is 0 Å². The van der Waals surface area contributed by atoms with E-state index in [1.165, 1.54) is 0 Å². The minimum atomic E-state index is -0.888. The van der Waals surface area contributed by atoms with Gasteiger partial charge in [0.05, 0.1) is 5.56 Å². The molecule has 0 aliphatic heterocycles. The molecule has 0 spiro atoms. The standard InChI is InChI=1S/C13H11NO2S/c15-13(16)11-3-1-2-10(8-11)9-17-12-4-6-14-7-5-12/h1-8H,9H2,(H,15,16). The van der Waals surface area contributed by atoms with Gasteiger partial charge in [-0.25, -0.2) is 4.79 Å². The molecular formula is C13H11NO2S. The zero-order chi connectivity index (χ0) is 12.1. The van der Waals surface area contributed by atoms with Crippen LogP contribution in [0.5, 0.6) is 0 Å². The molecule has 2 aromatic rings. The van der Waals surface area contributed by atoms with Gasteiger partial charge in [-0.15, -0.1) is 11.8 Å². The van der Waals surface area contributed by atoms with Crippen LogP contribution < -0.4 is 0 Å². The highest BCUT2D eigenvalue weighted by molar-refractivity contribution is 7.98. The predicted octanol–water partition coefficient (Wildman–Crippen LogP) is 3.07. The Kier molecular flexibility index (Phi) is 3.77. The van der Waals surface area contributed by atoms with Crippen LogP contribution in [0.25, 0.3) is 0 Å². The van der Waals surface area contributed by atoms with Crippen molar-refractivity contribution in [1.29, 1.82) is 0 Å². The summed E-state index contributed by atoms with van der Waals surface area (Å²) < 4.78 is 0. The molecule has 0 atom stereocenters. The maximum absolute atomic E-state index is 10.8. The molecule has 17 heavy (non-hydrogen) atoms. The molecule has 0 bridgehead atoms. The number of aromatic carboxylic acids is 1. The van der Waals surface area contributed by atoms with Gasteiger partial charge >= 0.3 is 5.97 Å². The summed E-state index contributed by atoms with van der Waals surface area (Å²) >= 11 is 1.66. The fraction of sp³-hybridized carbons (Fsp3) is 0.0769. The smallest absolute Gasteiger partial charge is 0.335 e. The van der Waals surface area contributed by atoms with Crippen molar-refractivity contribution >= 4 is 17.7 Å². The predicted molar refractivity (Wildman–Crippen MR) is 67.2 cm³/mol. The van der Waals surface area contributed by atoms with Crippen molar-refractivity contribution in [3.63, 3.8) is 0 Å². The van der Waals surface area contributed by atoms with E-state index >= 15 is 0 Å². The molecule has 2 rings (SSSR count). The fourth-order valence-electron chi connectivity index (χ4n) is 1.40. The third-order valence-electron chi connectivity index (χ3n) is 2.23. The lowest BCUT2D eigenvalue weighted by Gasteiger charge is -2.02. The Morgan fingerprint density at radius 2 is 2.00 bits per heavy atom. The molecule has 0 amide bonds. The average Bonchev–Trinajstić information content (AvgIpc) is 2.38. The molecule has 1 aromatic carbocycles. The number of rotatable bonds is 4. The van der Waals surface area contributed by atoms with Gasteiger partial charge in [-0.05, 0) is 29.8 Å². The Hall–Kier alpha value is -1.81. The molecule has 0 aliphatic carbocycles. The van der Waals surface area contributed by atoms with Gasteiger partial charge in [-0.2, -0.15) is 0 Å². The number of benzene rings is 1. The van der Waals surface area contributed by atoms with Gasteiger partial charge in [-0.3, -0.25) is 4.98 Å². The van der Waals surface area contributed by atoms with E-state index < -0.39 is 5.97 Å². The summed E-state index contributed by atoms with van der Waals surface area (Å²) in [7, 11) is 0. The number of carboxylic acids is 1. The number of carboxylic acid groups (broad SMARTS) is 1. The molecule has 0 unspecified atom stereocenters. The number of carbonyl (C=O) groups is 1. The molecule has 1 heterocycles. The molecule has 0 radical (unpaired) electrons. The van der Waals surface area contributed by atoms with Gasteiger partial charge in [0.25, 0.3) is 0 Å². The lowest BCUT2D eigenvalue weighted by atomic mass is 10.1. The van der Waals surface area contributed by atoms with E-state index in [4.69, 9.17) is 5.11 Å². The van der Waals surface area contributed by atoms with Gasteiger partial charge in [-0.1, -0.05) is 12.1 Å². The quantitative estimate of drug-likeness (QED) is 0.841. The third-order valence-corrected chi connectivity index (χ3v) is 3.31. The topological polar surface area (TPSA) is 50.2 Å². The van der Waals surface area contributed by atoms with Crippen molar-refractivity contribution in [2.45, 2.75) is 10.6 Å². The maximum atomic E-state index is 10.8. The fourth-order valence-corrected chi connectivity index (χ4v) is 2.22. The zero-order valence-electron chi connectivity index (χ0n) is 9.04. The summed E-state index contributed by atoms with van der Waals surface area (Å²) in [6, 6.07) is 10.9. The Bertz CT molecular complexity index is 514. The van der Waals surface area contributed by atoms with Crippen LogP contribution in [0.3, 0.4) is 0 Å². The SMILES string of the molecule is O=C(O)c1cccc(CSc2ccncc2)c1. The lowest BCUT2D eigenvalue weighted by Crippen LogP contribution is -1.96.